The number of aromatic nitrogens is 2. The Balaban J connectivity index is 2.47. The molecular formula is C15H19N3O2. The summed E-state index contributed by atoms with van der Waals surface area (Å²) in [5.41, 5.74) is 2.90. The Kier molecular flexibility index (Phi) is 4.53. The molecular weight excluding hydrogens is 254 g/mol. The molecule has 1 aromatic carbocycles. The summed E-state index contributed by atoms with van der Waals surface area (Å²) in [6, 6.07) is 5.98. The van der Waals surface area contributed by atoms with E-state index in [1.807, 2.05) is 32.2 Å². The minimum Gasteiger partial charge on any atom is -0.496 e. The maximum Gasteiger partial charge on any atom is 0.237 e. The van der Waals surface area contributed by atoms with Crippen LogP contribution in [0, 0.1) is 6.92 Å². The molecule has 0 fully saturated rings. The van der Waals surface area contributed by atoms with Crippen molar-refractivity contribution in [3.05, 3.63) is 47.4 Å². The van der Waals surface area contributed by atoms with Crippen molar-refractivity contribution in [2.24, 2.45) is 0 Å². The van der Waals surface area contributed by atoms with E-state index in [0.717, 1.165) is 22.6 Å². The smallest absolute Gasteiger partial charge is 0.237 e. The van der Waals surface area contributed by atoms with E-state index in [-0.39, 0.29) is 6.04 Å². The van der Waals surface area contributed by atoms with Crippen molar-refractivity contribution in [2.45, 2.75) is 13.0 Å². The standard InChI is InChI=1S/C15H19N3O2/c1-10-5-6-11(9-12(10)19-3)13(16-2)14-15(20-4)18-8-7-17-14/h5-9,13,16H,1-4H3. The summed E-state index contributed by atoms with van der Waals surface area (Å²) in [6.45, 7) is 2.01. The second-order valence-electron chi connectivity index (χ2n) is 4.40. The summed E-state index contributed by atoms with van der Waals surface area (Å²) in [6.07, 6.45) is 3.28. The fourth-order valence-corrected chi connectivity index (χ4v) is 2.17. The molecule has 1 N–H and O–H groups in total. The minimum absolute atomic E-state index is 0.104. The lowest BCUT2D eigenvalue weighted by atomic mass is 10.0. The van der Waals surface area contributed by atoms with Crippen molar-refractivity contribution < 1.29 is 9.47 Å². The first-order chi connectivity index (χ1) is 9.71. The van der Waals surface area contributed by atoms with Crippen LogP contribution in [0.3, 0.4) is 0 Å². The summed E-state index contributed by atoms with van der Waals surface area (Å²) in [7, 11) is 5.14. The van der Waals surface area contributed by atoms with Crippen molar-refractivity contribution in [3.63, 3.8) is 0 Å². The second-order valence-corrected chi connectivity index (χ2v) is 4.40. The Labute approximate surface area is 119 Å². The van der Waals surface area contributed by atoms with Gasteiger partial charge in [0.15, 0.2) is 0 Å². The third kappa shape index (κ3) is 2.72. The molecule has 1 aromatic heterocycles. The third-order valence-corrected chi connectivity index (χ3v) is 3.21. The fourth-order valence-electron chi connectivity index (χ4n) is 2.17. The molecule has 1 atom stereocenters. The molecule has 20 heavy (non-hydrogen) atoms. The van der Waals surface area contributed by atoms with E-state index in [4.69, 9.17) is 9.47 Å². The highest BCUT2D eigenvalue weighted by Gasteiger charge is 2.19. The van der Waals surface area contributed by atoms with Crippen LogP contribution in [0.15, 0.2) is 30.6 Å². The zero-order valence-electron chi connectivity index (χ0n) is 12.2. The van der Waals surface area contributed by atoms with Crippen LogP contribution >= 0.6 is 0 Å². The number of hydrogen-bond donors (Lipinski definition) is 1. The molecule has 0 aliphatic heterocycles. The first-order valence-electron chi connectivity index (χ1n) is 6.38. The van der Waals surface area contributed by atoms with Crippen molar-refractivity contribution in [1.29, 1.82) is 0 Å². The van der Waals surface area contributed by atoms with Gasteiger partial charge in [-0.05, 0) is 31.2 Å². The predicted octanol–water partition coefficient (Wildman–Crippen LogP) is 2.11. The van der Waals surface area contributed by atoms with Crippen molar-refractivity contribution >= 4 is 0 Å². The molecule has 2 rings (SSSR count). The van der Waals surface area contributed by atoms with Crippen LogP contribution in [0.25, 0.3) is 0 Å². The molecule has 0 bridgehead atoms. The van der Waals surface area contributed by atoms with Gasteiger partial charge in [-0.25, -0.2) is 4.98 Å². The zero-order chi connectivity index (χ0) is 14.5. The van der Waals surface area contributed by atoms with Gasteiger partial charge in [0.25, 0.3) is 0 Å². The molecule has 0 saturated heterocycles. The zero-order valence-corrected chi connectivity index (χ0v) is 12.2. The van der Waals surface area contributed by atoms with Gasteiger partial charge in [-0.1, -0.05) is 12.1 Å². The lowest BCUT2D eigenvalue weighted by molar-refractivity contribution is 0.383. The Morgan fingerprint density at radius 1 is 1.10 bits per heavy atom. The minimum atomic E-state index is -0.104. The lowest BCUT2D eigenvalue weighted by Crippen LogP contribution is -2.20. The Morgan fingerprint density at radius 2 is 1.85 bits per heavy atom. The van der Waals surface area contributed by atoms with Crippen LogP contribution in [0.2, 0.25) is 0 Å². The molecule has 0 saturated carbocycles. The molecule has 0 amide bonds. The maximum absolute atomic E-state index is 5.38. The highest BCUT2D eigenvalue weighted by atomic mass is 16.5. The lowest BCUT2D eigenvalue weighted by Gasteiger charge is -2.19. The van der Waals surface area contributed by atoms with Crippen LogP contribution in [-0.2, 0) is 0 Å². The maximum atomic E-state index is 5.38. The first kappa shape index (κ1) is 14.3. The summed E-state index contributed by atoms with van der Waals surface area (Å²) >= 11 is 0. The monoisotopic (exact) mass is 273 g/mol. The van der Waals surface area contributed by atoms with Gasteiger partial charge < -0.3 is 14.8 Å². The van der Waals surface area contributed by atoms with Crippen molar-refractivity contribution in [3.8, 4) is 11.6 Å². The fraction of sp³-hybridized carbons (Fsp3) is 0.333. The summed E-state index contributed by atoms with van der Waals surface area (Å²) in [5, 5.41) is 3.24. The number of aryl methyl sites for hydroxylation is 1. The average molecular weight is 273 g/mol. The van der Waals surface area contributed by atoms with Gasteiger partial charge in [0, 0.05) is 12.4 Å². The van der Waals surface area contributed by atoms with Crippen LogP contribution < -0.4 is 14.8 Å². The largest absolute Gasteiger partial charge is 0.496 e. The van der Waals surface area contributed by atoms with Gasteiger partial charge in [0.2, 0.25) is 5.88 Å². The quantitative estimate of drug-likeness (QED) is 0.904. The molecule has 2 aromatic rings. The SMILES string of the molecule is CNC(c1ccc(C)c(OC)c1)c1nccnc1OC. The Morgan fingerprint density at radius 3 is 2.50 bits per heavy atom. The molecule has 1 heterocycles. The van der Waals surface area contributed by atoms with Crippen LogP contribution in [0.1, 0.15) is 22.9 Å². The van der Waals surface area contributed by atoms with Gasteiger partial charge in [0.05, 0.1) is 20.3 Å². The summed E-state index contributed by atoms with van der Waals surface area (Å²) < 4.78 is 10.7. The Hall–Kier alpha value is -2.14. The molecule has 0 spiro atoms. The third-order valence-electron chi connectivity index (χ3n) is 3.21. The normalized spacial score (nSPS) is 12.0. The van der Waals surface area contributed by atoms with Crippen LogP contribution in [0.4, 0.5) is 0 Å². The van der Waals surface area contributed by atoms with E-state index in [1.165, 1.54) is 0 Å². The van der Waals surface area contributed by atoms with E-state index in [9.17, 15) is 0 Å². The molecule has 0 aliphatic carbocycles. The summed E-state index contributed by atoms with van der Waals surface area (Å²) in [5.74, 6) is 1.37. The van der Waals surface area contributed by atoms with Gasteiger partial charge in [-0.2, -0.15) is 0 Å². The number of nitrogens with zero attached hydrogens (tertiary/aromatic N) is 2. The van der Waals surface area contributed by atoms with E-state index in [2.05, 4.69) is 15.3 Å². The van der Waals surface area contributed by atoms with E-state index < -0.39 is 0 Å². The van der Waals surface area contributed by atoms with Crippen molar-refractivity contribution in [1.82, 2.24) is 15.3 Å². The molecule has 0 radical (unpaired) electrons. The summed E-state index contributed by atoms with van der Waals surface area (Å²) in [4.78, 5) is 8.58. The van der Waals surface area contributed by atoms with Crippen LogP contribution in [0.5, 0.6) is 11.6 Å². The predicted molar refractivity (Wildman–Crippen MR) is 77.2 cm³/mol. The molecule has 0 aliphatic rings. The number of rotatable bonds is 5. The number of ether oxygens (including phenoxy) is 2. The van der Waals surface area contributed by atoms with Gasteiger partial charge in [0.1, 0.15) is 11.4 Å². The molecule has 1 unspecified atom stereocenters. The van der Waals surface area contributed by atoms with Gasteiger partial charge in [-0.3, -0.25) is 4.98 Å². The van der Waals surface area contributed by atoms with E-state index >= 15 is 0 Å². The van der Waals surface area contributed by atoms with Crippen LogP contribution in [-0.4, -0.2) is 31.2 Å². The number of benzene rings is 1. The number of nitrogens with one attached hydrogen (secondary N) is 1. The number of methoxy groups -OCH3 is 2. The van der Waals surface area contributed by atoms with Gasteiger partial charge >= 0.3 is 0 Å². The van der Waals surface area contributed by atoms with E-state index in [1.54, 1.807) is 26.6 Å². The highest BCUT2D eigenvalue weighted by molar-refractivity contribution is 5.41. The topological polar surface area (TPSA) is 56.3 Å². The van der Waals surface area contributed by atoms with Gasteiger partial charge in [-0.15, -0.1) is 0 Å². The van der Waals surface area contributed by atoms with Crippen molar-refractivity contribution in [2.75, 3.05) is 21.3 Å². The molecule has 5 heteroatoms. The first-order valence-corrected chi connectivity index (χ1v) is 6.38. The van der Waals surface area contributed by atoms with E-state index in [0.29, 0.717) is 5.88 Å². The Bertz CT molecular complexity index is 587. The molecule has 106 valence electrons. The second kappa shape index (κ2) is 6.34. The highest BCUT2D eigenvalue weighted by Crippen LogP contribution is 2.29. The average Bonchev–Trinajstić information content (AvgIpc) is 2.50. The number of hydrogen-bond acceptors (Lipinski definition) is 5. The molecule has 5 nitrogen and oxygen atoms in total.